The third-order valence-electron chi connectivity index (χ3n) is 3.73. The number of ether oxygens (including phenoxy) is 1. The summed E-state index contributed by atoms with van der Waals surface area (Å²) in [7, 11) is 1.60. The minimum absolute atomic E-state index is 0.324. The molecular formula is C19H17ClN4O2. The maximum absolute atomic E-state index is 12.3. The van der Waals surface area contributed by atoms with Crippen molar-refractivity contribution < 1.29 is 9.53 Å². The van der Waals surface area contributed by atoms with E-state index in [-0.39, 0.29) is 5.91 Å². The molecule has 0 radical (unpaired) electrons. The zero-order valence-corrected chi connectivity index (χ0v) is 14.8. The summed E-state index contributed by atoms with van der Waals surface area (Å²) in [5.41, 5.74) is 8.60. The summed E-state index contributed by atoms with van der Waals surface area (Å²) in [4.78, 5) is 12.3. The van der Waals surface area contributed by atoms with Gasteiger partial charge in [-0.05, 0) is 48.0 Å². The van der Waals surface area contributed by atoms with Crippen molar-refractivity contribution in [2.75, 3.05) is 7.11 Å². The number of nitrogens with one attached hydrogen (secondary N) is 3. The first-order valence-electron chi connectivity index (χ1n) is 7.78. The van der Waals surface area contributed by atoms with Crippen molar-refractivity contribution in [1.82, 2.24) is 21.0 Å². The van der Waals surface area contributed by atoms with Crippen LogP contribution in [0.25, 0.3) is 17.0 Å². The van der Waals surface area contributed by atoms with Crippen molar-refractivity contribution in [2.24, 2.45) is 0 Å². The smallest absolute Gasteiger partial charge is 0.287 e. The number of nitrogens with zero attached hydrogens (tertiary/aromatic N) is 1. The van der Waals surface area contributed by atoms with Crippen LogP contribution < -0.4 is 15.6 Å². The second kappa shape index (κ2) is 7.76. The van der Waals surface area contributed by atoms with Gasteiger partial charge in [-0.25, -0.2) is 0 Å². The number of amides is 1. The van der Waals surface area contributed by atoms with Crippen molar-refractivity contribution in [3.63, 3.8) is 0 Å². The lowest BCUT2D eigenvalue weighted by molar-refractivity contribution is 0.0937. The largest absolute Gasteiger partial charge is 0.497 e. The van der Waals surface area contributed by atoms with E-state index < -0.39 is 0 Å². The first-order valence-corrected chi connectivity index (χ1v) is 8.15. The van der Waals surface area contributed by atoms with E-state index in [1.807, 2.05) is 36.4 Å². The van der Waals surface area contributed by atoms with Gasteiger partial charge in [-0.3, -0.25) is 20.7 Å². The van der Waals surface area contributed by atoms with Crippen molar-refractivity contribution in [2.45, 2.75) is 0 Å². The normalized spacial score (nSPS) is 10.2. The number of hydrazine groups is 1. The number of halogens is 1. The summed E-state index contributed by atoms with van der Waals surface area (Å²) in [6.45, 7) is 3.90. The predicted octanol–water partition coefficient (Wildman–Crippen LogP) is 3.64. The van der Waals surface area contributed by atoms with Crippen molar-refractivity contribution >= 4 is 23.2 Å². The monoisotopic (exact) mass is 368 g/mol. The van der Waals surface area contributed by atoms with Crippen LogP contribution in [-0.4, -0.2) is 23.2 Å². The summed E-state index contributed by atoms with van der Waals surface area (Å²) in [6, 6.07) is 16.2. The molecule has 3 rings (SSSR count). The summed E-state index contributed by atoms with van der Waals surface area (Å²) < 4.78 is 5.11. The van der Waals surface area contributed by atoms with Crippen molar-refractivity contribution in [1.29, 1.82) is 0 Å². The number of benzene rings is 2. The highest BCUT2D eigenvalue weighted by Gasteiger charge is 2.11. The second-order valence-corrected chi connectivity index (χ2v) is 5.90. The van der Waals surface area contributed by atoms with Crippen LogP contribution >= 0.6 is 11.6 Å². The zero-order valence-electron chi connectivity index (χ0n) is 14.0. The van der Waals surface area contributed by atoms with Crippen molar-refractivity contribution in [3.05, 3.63) is 77.5 Å². The van der Waals surface area contributed by atoms with Gasteiger partial charge < -0.3 is 4.74 Å². The Labute approximate surface area is 155 Å². The number of carbonyl (C=O) groups is 1. The molecule has 0 saturated heterocycles. The molecule has 0 saturated carbocycles. The number of aromatic nitrogens is 2. The van der Waals surface area contributed by atoms with Crippen LogP contribution in [0.5, 0.6) is 5.75 Å². The van der Waals surface area contributed by atoms with E-state index in [2.05, 4.69) is 27.6 Å². The molecule has 1 amide bonds. The number of hydrogen-bond acceptors (Lipinski definition) is 4. The number of carbonyl (C=O) groups excluding carboxylic acids is 1. The molecule has 7 heteroatoms. The third-order valence-corrected chi connectivity index (χ3v) is 3.98. The van der Waals surface area contributed by atoms with Crippen LogP contribution in [0, 0.1) is 0 Å². The van der Waals surface area contributed by atoms with E-state index in [4.69, 9.17) is 16.3 Å². The highest BCUT2D eigenvalue weighted by molar-refractivity contribution is 6.30. The maximum Gasteiger partial charge on any atom is 0.287 e. The highest BCUT2D eigenvalue weighted by Crippen LogP contribution is 2.20. The standard InChI is InChI=1S/C19H17ClN4O2/c1-12(13-5-9-16(26-2)10-6-13)21-24-19(25)18-11-17(22-23-18)14-3-7-15(20)8-4-14/h3-11,21H,1H2,2H3,(H,22,23)(H,24,25). The Morgan fingerprint density at radius 2 is 1.81 bits per heavy atom. The molecular weight excluding hydrogens is 352 g/mol. The first-order chi connectivity index (χ1) is 12.6. The summed E-state index contributed by atoms with van der Waals surface area (Å²) in [5, 5.41) is 7.51. The summed E-state index contributed by atoms with van der Waals surface area (Å²) in [5.74, 6) is 0.394. The fourth-order valence-corrected chi connectivity index (χ4v) is 2.40. The molecule has 3 N–H and O–H groups in total. The van der Waals surface area contributed by atoms with E-state index >= 15 is 0 Å². The zero-order chi connectivity index (χ0) is 18.5. The van der Waals surface area contributed by atoms with Crippen LogP contribution in [0.4, 0.5) is 0 Å². The molecule has 132 valence electrons. The first kappa shape index (κ1) is 17.6. The number of H-pyrrole nitrogens is 1. The fourth-order valence-electron chi connectivity index (χ4n) is 2.27. The Balaban J connectivity index is 1.61. The van der Waals surface area contributed by atoms with E-state index in [0.29, 0.717) is 22.1 Å². The Kier molecular flexibility index (Phi) is 5.24. The van der Waals surface area contributed by atoms with Crippen LogP contribution in [0.2, 0.25) is 5.02 Å². The minimum Gasteiger partial charge on any atom is -0.497 e. The molecule has 0 aliphatic carbocycles. The van der Waals surface area contributed by atoms with E-state index in [1.54, 1.807) is 25.3 Å². The Morgan fingerprint density at radius 3 is 2.46 bits per heavy atom. The lowest BCUT2D eigenvalue weighted by Gasteiger charge is -2.11. The van der Waals surface area contributed by atoms with Crippen LogP contribution in [0.1, 0.15) is 16.1 Å². The van der Waals surface area contributed by atoms with Gasteiger partial charge in [0.05, 0.1) is 18.5 Å². The fraction of sp³-hybridized carbons (Fsp3) is 0.0526. The molecule has 0 aliphatic heterocycles. The van der Waals surface area contributed by atoms with Gasteiger partial charge in [-0.2, -0.15) is 5.10 Å². The van der Waals surface area contributed by atoms with Gasteiger partial charge >= 0.3 is 0 Å². The Bertz CT molecular complexity index is 917. The number of aromatic amines is 1. The molecule has 6 nitrogen and oxygen atoms in total. The quantitative estimate of drug-likeness (QED) is 0.580. The van der Waals surface area contributed by atoms with Gasteiger partial charge in [0.25, 0.3) is 5.91 Å². The molecule has 0 unspecified atom stereocenters. The van der Waals surface area contributed by atoms with Gasteiger partial charge in [0.2, 0.25) is 0 Å². The van der Waals surface area contributed by atoms with E-state index in [0.717, 1.165) is 16.9 Å². The molecule has 1 heterocycles. The molecule has 26 heavy (non-hydrogen) atoms. The number of hydrogen-bond donors (Lipinski definition) is 3. The topological polar surface area (TPSA) is 79.0 Å². The van der Waals surface area contributed by atoms with Gasteiger partial charge in [0, 0.05) is 10.6 Å². The highest BCUT2D eigenvalue weighted by atomic mass is 35.5. The lowest BCUT2D eigenvalue weighted by Crippen LogP contribution is -2.36. The van der Waals surface area contributed by atoms with Crippen LogP contribution in [0.15, 0.2) is 61.2 Å². The average Bonchev–Trinajstić information content (AvgIpc) is 3.16. The molecule has 0 spiro atoms. The summed E-state index contributed by atoms with van der Waals surface area (Å²) >= 11 is 5.88. The van der Waals surface area contributed by atoms with E-state index in [9.17, 15) is 4.79 Å². The molecule has 0 fully saturated rings. The molecule has 1 aromatic heterocycles. The van der Waals surface area contributed by atoms with Crippen LogP contribution in [0.3, 0.4) is 0 Å². The van der Waals surface area contributed by atoms with Gasteiger partial charge in [0.15, 0.2) is 0 Å². The predicted molar refractivity (Wildman–Crippen MR) is 102 cm³/mol. The SMILES string of the molecule is C=C(NNC(=O)c1cc(-c2ccc(Cl)cc2)n[nH]1)c1ccc(OC)cc1. The number of methoxy groups -OCH3 is 1. The lowest BCUT2D eigenvalue weighted by atomic mass is 10.1. The Morgan fingerprint density at radius 1 is 1.12 bits per heavy atom. The molecule has 0 bridgehead atoms. The average molecular weight is 369 g/mol. The minimum atomic E-state index is -0.354. The molecule has 0 aliphatic rings. The Hall–Kier alpha value is -3.25. The van der Waals surface area contributed by atoms with Crippen molar-refractivity contribution in [3.8, 4) is 17.0 Å². The van der Waals surface area contributed by atoms with E-state index in [1.165, 1.54) is 0 Å². The van der Waals surface area contributed by atoms with Gasteiger partial charge in [0.1, 0.15) is 11.4 Å². The van der Waals surface area contributed by atoms with Gasteiger partial charge in [-0.15, -0.1) is 0 Å². The van der Waals surface area contributed by atoms with Gasteiger partial charge in [-0.1, -0.05) is 30.3 Å². The summed E-state index contributed by atoms with van der Waals surface area (Å²) in [6.07, 6.45) is 0. The second-order valence-electron chi connectivity index (χ2n) is 5.46. The molecule has 0 atom stereocenters. The maximum atomic E-state index is 12.3. The molecule has 3 aromatic rings. The third kappa shape index (κ3) is 4.04. The molecule has 2 aromatic carbocycles. The van der Waals surface area contributed by atoms with Crippen LogP contribution in [-0.2, 0) is 0 Å². The number of rotatable bonds is 6.